The van der Waals surface area contributed by atoms with Gasteiger partial charge in [-0.15, -0.1) is 0 Å². The molecular weight excluding hydrogens is 280 g/mol. The third kappa shape index (κ3) is 1.83. The van der Waals surface area contributed by atoms with Gasteiger partial charge in [-0.25, -0.2) is 0 Å². The molecule has 0 heterocycles. The average molecular weight is 300 g/mol. The number of fused-ring (bicyclic) bond motifs is 3. The van der Waals surface area contributed by atoms with Gasteiger partial charge in [0.1, 0.15) is 5.75 Å². The standard InChI is InChI=1S/C18H20O4/c1-17-7-4-8-18(2,16(20)21)15(17)10-14(19)12-6-5-11(22-3)9-13(12)17/h5-6,9-10H,4,7-8H2,1-3H3,(H,20,21). The van der Waals surface area contributed by atoms with Crippen LogP contribution in [0.3, 0.4) is 0 Å². The van der Waals surface area contributed by atoms with Gasteiger partial charge in [0.2, 0.25) is 0 Å². The van der Waals surface area contributed by atoms with Crippen molar-refractivity contribution < 1.29 is 19.4 Å². The molecule has 3 rings (SSSR count). The minimum Gasteiger partial charge on any atom is -0.497 e. The van der Waals surface area contributed by atoms with Crippen molar-refractivity contribution in [3.05, 3.63) is 41.0 Å². The number of aliphatic carboxylic acids is 1. The SMILES string of the molecule is COc1ccc2c(c1)C1(C)CCCC(C)(C(=O)O)C1=CC2=O. The van der Waals surface area contributed by atoms with Gasteiger partial charge in [-0.1, -0.05) is 13.3 Å². The second-order valence-corrected chi connectivity index (χ2v) is 6.66. The van der Waals surface area contributed by atoms with Gasteiger partial charge in [0, 0.05) is 11.0 Å². The number of carboxylic acids is 1. The molecule has 0 bridgehead atoms. The van der Waals surface area contributed by atoms with Crippen molar-refractivity contribution in [2.75, 3.05) is 7.11 Å². The second-order valence-electron chi connectivity index (χ2n) is 6.66. The molecule has 1 fully saturated rings. The summed E-state index contributed by atoms with van der Waals surface area (Å²) in [5.41, 5.74) is 0.861. The van der Waals surface area contributed by atoms with Crippen LogP contribution >= 0.6 is 0 Å². The van der Waals surface area contributed by atoms with Crippen molar-refractivity contribution >= 4 is 11.8 Å². The van der Waals surface area contributed by atoms with E-state index < -0.39 is 16.8 Å². The highest BCUT2D eigenvalue weighted by molar-refractivity contribution is 6.09. The maximum absolute atomic E-state index is 12.5. The lowest BCUT2D eigenvalue weighted by molar-refractivity contribution is -0.147. The third-order valence-electron chi connectivity index (χ3n) is 5.38. The molecule has 0 saturated heterocycles. The molecule has 2 aliphatic carbocycles. The van der Waals surface area contributed by atoms with E-state index in [1.807, 2.05) is 13.0 Å². The quantitative estimate of drug-likeness (QED) is 0.909. The zero-order valence-electron chi connectivity index (χ0n) is 13.1. The molecule has 0 spiro atoms. The predicted octanol–water partition coefficient (Wildman–Crippen LogP) is 3.35. The van der Waals surface area contributed by atoms with E-state index in [2.05, 4.69) is 0 Å². The number of hydrogen-bond donors (Lipinski definition) is 1. The van der Waals surface area contributed by atoms with E-state index in [9.17, 15) is 14.7 Å². The van der Waals surface area contributed by atoms with Crippen LogP contribution in [0.2, 0.25) is 0 Å². The first-order valence-corrected chi connectivity index (χ1v) is 7.52. The Morgan fingerprint density at radius 2 is 2.00 bits per heavy atom. The third-order valence-corrected chi connectivity index (χ3v) is 5.38. The Morgan fingerprint density at radius 3 is 2.64 bits per heavy atom. The van der Waals surface area contributed by atoms with Gasteiger partial charge in [0.15, 0.2) is 5.78 Å². The lowest BCUT2D eigenvalue weighted by Gasteiger charge is -2.48. The first-order valence-electron chi connectivity index (χ1n) is 7.52. The Balaban J connectivity index is 2.25. The molecule has 116 valence electrons. The van der Waals surface area contributed by atoms with Gasteiger partial charge in [0.05, 0.1) is 12.5 Å². The van der Waals surface area contributed by atoms with Gasteiger partial charge >= 0.3 is 5.97 Å². The molecule has 0 amide bonds. The number of carbonyl (C=O) groups excluding carboxylic acids is 1. The summed E-state index contributed by atoms with van der Waals surface area (Å²) >= 11 is 0. The van der Waals surface area contributed by atoms with E-state index in [4.69, 9.17) is 4.74 Å². The van der Waals surface area contributed by atoms with E-state index in [0.717, 1.165) is 24.0 Å². The van der Waals surface area contributed by atoms with Crippen molar-refractivity contribution in [3.63, 3.8) is 0 Å². The molecule has 2 unspecified atom stereocenters. The molecule has 0 radical (unpaired) electrons. The Labute approximate surface area is 129 Å². The van der Waals surface area contributed by atoms with Crippen LogP contribution in [0.15, 0.2) is 29.8 Å². The highest BCUT2D eigenvalue weighted by atomic mass is 16.5. The number of carbonyl (C=O) groups is 2. The molecule has 1 N–H and O–H groups in total. The fourth-order valence-corrected chi connectivity index (χ4v) is 4.02. The van der Waals surface area contributed by atoms with E-state index >= 15 is 0 Å². The number of carboxylic acid groups (broad SMARTS) is 1. The first-order chi connectivity index (χ1) is 10.3. The van der Waals surface area contributed by atoms with E-state index in [-0.39, 0.29) is 5.78 Å². The minimum atomic E-state index is -0.983. The zero-order valence-corrected chi connectivity index (χ0v) is 13.1. The fraction of sp³-hybridized carbons (Fsp3) is 0.444. The van der Waals surface area contributed by atoms with E-state index in [1.54, 1.807) is 32.2 Å². The van der Waals surface area contributed by atoms with Crippen LogP contribution in [-0.4, -0.2) is 24.0 Å². The predicted molar refractivity (Wildman–Crippen MR) is 82.4 cm³/mol. The highest BCUT2D eigenvalue weighted by Gasteiger charge is 2.52. The molecule has 4 nitrogen and oxygen atoms in total. The molecule has 2 aliphatic rings. The minimum absolute atomic E-state index is 0.112. The Morgan fingerprint density at radius 1 is 1.27 bits per heavy atom. The summed E-state index contributed by atoms with van der Waals surface area (Å²) in [4.78, 5) is 24.3. The summed E-state index contributed by atoms with van der Waals surface area (Å²) in [5.74, 6) is -0.278. The van der Waals surface area contributed by atoms with Crippen molar-refractivity contribution in [1.29, 1.82) is 0 Å². The molecule has 0 aliphatic heterocycles. The van der Waals surface area contributed by atoms with Crippen LogP contribution in [0.1, 0.15) is 49.0 Å². The summed E-state index contributed by atoms with van der Waals surface area (Å²) in [6.07, 6.45) is 3.79. The number of rotatable bonds is 2. The molecule has 22 heavy (non-hydrogen) atoms. The molecule has 1 saturated carbocycles. The number of allylic oxidation sites excluding steroid dienone is 1. The normalized spacial score (nSPS) is 30.1. The van der Waals surface area contributed by atoms with Gasteiger partial charge in [-0.2, -0.15) is 0 Å². The van der Waals surface area contributed by atoms with Crippen molar-refractivity contribution in [2.45, 2.75) is 38.5 Å². The van der Waals surface area contributed by atoms with Gasteiger partial charge < -0.3 is 9.84 Å². The zero-order chi connectivity index (χ0) is 16.1. The van der Waals surface area contributed by atoms with Gasteiger partial charge in [-0.05, 0) is 55.2 Å². The fourth-order valence-electron chi connectivity index (χ4n) is 4.02. The maximum atomic E-state index is 12.5. The number of hydrogen-bond acceptors (Lipinski definition) is 3. The monoisotopic (exact) mass is 300 g/mol. The molecule has 1 aromatic carbocycles. The number of ketones is 1. The molecule has 2 atom stereocenters. The number of methoxy groups -OCH3 is 1. The second kappa shape index (κ2) is 4.70. The summed E-state index contributed by atoms with van der Waals surface area (Å²) in [6, 6.07) is 5.44. The number of benzene rings is 1. The molecule has 1 aromatic rings. The molecule has 0 aromatic heterocycles. The Hall–Kier alpha value is -2.10. The largest absolute Gasteiger partial charge is 0.497 e. The summed E-state index contributed by atoms with van der Waals surface area (Å²) in [6.45, 7) is 3.78. The molecular formula is C18H20O4. The van der Waals surface area contributed by atoms with Crippen LogP contribution in [0, 0.1) is 5.41 Å². The van der Waals surface area contributed by atoms with Gasteiger partial charge in [0.25, 0.3) is 0 Å². The van der Waals surface area contributed by atoms with Crippen molar-refractivity contribution in [1.82, 2.24) is 0 Å². The average Bonchev–Trinajstić information content (AvgIpc) is 2.49. The summed E-state index contributed by atoms with van der Waals surface area (Å²) in [5, 5.41) is 9.71. The van der Waals surface area contributed by atoms with Crippen molar-refractivity contribution in [3.8, 4) is 5.75 Å². The lowest BCUT2D eigenvalue weighted by atomic mass is 9.54. The van der Waals surface area contributed by atoms with Crippen LogP contribution in [0.4, 0.5) is 0 Å². The summed E-state index contributed by atoms with van der Waals surface area (Å²) in [7, 11) is 1.59. The Bertz CT molecular complexity index is 703. The number of ether oxygens (including phenoxy) is 1. The smallest absolute Gasteiger partial charge is 0.313 e. The summed E-state index contributed by atoms with van der Waals surface area (Å²) < 4.78 is 5.29. The Kier molecular flexibility index (Phi) is 3.17. The van der Waals surface area contributed by atoms with Crippen LogP contribution < -0.4 is 4.74 Å². The van der Waals surface area contributed by atoms with Crippen LogP contribution in [-0.2, 0) is 10.2 Å². The highest BCUT2D eigenvalue weighted by Crippen LogP contribution is 2.55. The lowest BCUT2D eigenvalue weighted by Crippen LogP contribution is -2.46. The first kappa shape index (κ1) is 14.8. The van der Waals surface area contributed by atoms with Crippen LogP contribution in [0.5, 0.6) is 5.75 Å². The van der Waals surface area contributed by atoms with E-state index in [0.29, 0.717) is 17.7 Å². The van der Waals surface area contributed by atoms with E-state index in [1.165, 1.54) is 0 Å². The topological polar surface area (TPSA) is 63.6 Å². The van der Waals surface area contributed by atoms with Gasteiger partial charge in [-0.3, -0.25) is 9.59 Å². The van der Waals surface area contributed by atoms with Crippen molar-refractivity contribution in [2.24, 2.45) is 5.41 Å². The van der Waals surface area contributed by atoms with Crippen LogP contribution in [0.25, 0.3) is 0 Å². The maximum Gasteiger partial charge on any atom is 0.313 e. The molecule has 4 heteroatoms.